The molecule has 6 heteroatoms. The Hall–Kier alpha value is -1.43. The van der Waals surface area contributed by atoms with Crippen LogP contribution in [0.3, 0.4) is 0 Å². The van der Waals surface area contributed by atoms with E-state index in [1.54, 1.807) is 10.9 Å². The highest BCUT2D eigenvalue weighted by Crippen LogP contribution is 2.24. The summed E-state index contributed by atoms with van der Waals surface area (Å²) >= 11 is 0. The molecule has 0 radical (unpaired) electrons. The summed E-state index contributed by atoms with van der Waals surface area (Å²) in [5, 5.41) is 11.3. The van der Waals surface area contributed by atoms with Crippen LogP contribution in [0.4, 0.5) is 0 Å². The second-order valence-electron chi connectivity index (χ2n) is 6.09. The molecule has 3 rings (SSSR count). The summed E-state index contributed by atoms with van der Waals surface area (Å²) in [5.41, 5.74) is 0.468. The van der Waals surface area contributed by atoms with Crippen LogP contribution in [0.15, 0.2) is 6.20 Å². The van der Waals surface area contributed by atoms with Crippen LogP contribution in [0.1, 0.15) is 48.6 Å². The second-order valence-corrected chi connectivity index (χ2v) is 6.09. The molecule has 6 nitrogen and oxygen atoms in total. The van der Waals surface area contributed by atoms with Gasteiger partial charge in [-0.25, -0.2) is 4.68 Å². The van der Waals surface area contributed by atoms with Crippen LogP contribution >= 0.6 is 0 Å². The number of nitrogens with zero attached hydrogens (tertiary/aromatic N) is 4. The van der Waals surface area contributed by atoms with Gasteiger partial charge in [-0.2, -0.15) is 0 Å². The third kappa shape index (κ3) is 2.85. The first-order valence-electron chi connectivity index (χ1n) is 7.62. The van der Waals surface area contributed by atoms with Crippen molar-refractivity contribution in [3.05, 3.63) is 11.9 Å². The predicted molar refractivity (Wildman–Crippen MR) is 75.5 cm³/mol. The third-order valence-corrected chi connectivity index (χ3v) is 4.47. The number of aromatic nitrogens is 3. The molecule has 110 valence electrons. The Labute approximate surface area is 119 Å². The summed E-state index contributed by atoms with van der Waals surface area (Å²) in [4.78, 5) is 14.2. The summed E-state index contributed by atoms with van der Waals surface area (Å²) < 4.78 is 1.80. The zero-order valence-electron chi connectivity index (χ0n) is 12.1. The number of rotatable bonds is 4. The fourth-order valence-corrected chi connectivity index (χ4v) is 3.05. The van der Waals surface area contributed by atoms with Crippen LogP contribution < -0.4 is 5.32 Å². The van der Waals surface area contributed by atoms with Gasteiger partial charge in [0.15, 0.2) is 5.69 Å². The fourth-order valence-electron chi connectivity index (χ4n) is 3.05. The van der Waals surface area contributed by atoms with Crippen molar-refractivity contribution in [3.63, 3.8) is 0 Å². The molecule has 2 aliphatic rings. The van der Waals surface area contributed by atoms with Crippen molar-refractivity contribution in [2.45, 2.75) is 38.1 Å². The maximum absolute atomic E-state index is 12.4. The molecular formula is C14H23N5O. The minimum absolute atomic E-state index is 0.00546. The van der Waals surface area contributed by atoms with Gasteiger partial charge in [-0.15, -0.1) is 5.10 Å². The fraction of sp³-hybridized carbons (Fsp3) is 0.786. The van der Waals surface area contributed by atoms with E-state index in [9.17, 15) is 4.79 Å². The first kappa shape index (κ1) is 13.5. The van der Waals surface area contributed by atoms with E-state index >= 15 is 0 Å². The van der Waals surface area contributed by atoms with Crippen molar-refractivity contribution >= 4 is 5.91 Å². The number of amides is 1. The van der Waals surface area contributed by atoms with Crippen LogP contribution in [0, 0.1) is 5.92 Å². The maximum Gasteiger partial charge on any atom is 0.275 e. The van der Waals surface area contributed by atoms with Crippen LogP contribution in [0.5, 0.6) is 0 Å². The first-order chi connectivity index (χ1) is 9.74. The van der Waals surface area contributed by atoms with Crippen LogP contribution in [0.2, 0.25) is 0 Å². The highest BCUT2D eigenvalue weighted by Gasteiger charge is 2.24. The molecule has 0 bridgehead atoms. The molecule has 2 fully saturated rings. The highest BCUT2D eigenvalue weighted by molar-refractivity contribution is 5.91. The van der Waals surface area contributed by atoms with Gasteiger partial charge in [0.25, 0.3) is 5.91 Å². The molecule has 0 spiro atoms. The number of carbonyl (C=O) groups is 1. The lowest BCUT2D eigenvalue weighted by atomic mass is 9.89. The van der Waals surface area contributed by atoms with E-state index in [2.05, 4.69) is 15.6 Å². The molecule has 20 heavy (non-hydrogen) atoms. The molecule has 0 unspecified atom stereocenters. The quantitative estimate of drug-likeness (QED) is 0.894. The Morgan fingerprint density at radius 3 is 2.80 bits per heavy atom. The van der Waals surface area contributed by atoms with E-state index < -0.39 is 0 Å². The SMILES string of the molecule is CN(CC1CCCCC1)C(=O)c1cn(C2CNC2)nn1. The van der Waals surface area contributed by atoms with Gasteiger partial charge in [-0.1, -0.05) is 24.5 Å². The summed E-state index contributed by atoms with van der Waals surface area (Å²) in [6.45, 7) is 2.67. The molecule has 1 amide bonds. The van der Waals surface area contributed by atoms with Crippen molar-refractivity contribution in [1.82, 2.24) is 25.2 Å². The van der Waals surface area contributed by atoms with E-state index in [0.717, 1.165) is 19.6 Å². The Balaban J connectivity index is 1.57. The lowest BCUT2D eigenvalue weighted by Crippen LogP contribution is -2.43. The van der Waals surface area contributed by atoms with Crippen LogP contribution in [0.25, 0.3) is 0 Å². The molecule has 0 aromatic carbocycles. The van der Waals surface area contributed by atoms with Crippen molar-refractivity contribution in [2.24, 2.45) is 5.92 Å². The first-order valence-corrected chi connectivity index (χ1v) is 7.62. The molecule has 1 aliphatic heterocycles. The van der Waals surface area contributed by atoms with Gasteiger partial charge < -0.3 is 10.2 Å². The monoisotopic (exact) mass is 277 g/mol. The molecule has 0 atom stereocenters. The third-order valence-electron chi connectivity index (χ3n) is 4.47. The van der Waals surface area contributed by atoms with Gasteiger partial charge in [0.1, 0.15) is 0 Å². The number of carbonyl (C=O) groups excluding carboxylic acids is 1. The van der Waals surface area contributed by atoms with Gasteiger partial charge in [0.05, 0.1) is 12.2 Å². The van der Waals surface area contributed by atoms with Crippen molar-refractivity contribution < 1.29 is 4.79 Å². The Kier molecular flexibility index (Phi) is 4.00. The van der Waals surface area contributed by atoms with Gasteiger partial charge in [0, 0.05) is 26.7 Å². The molecule has 1 aromatic rings. The number of hydrogen-bond donors (Lipinski definition) is 1. The van der Waals surface area contributed by atoms with E-state index in [-0.39, 0.29) is 5.91 Å². The van der Waals surface area contributed by atoms with E-state index in [0.29, 0.717) is 17.7 Å². The minimum Gasteiger partial charge on any atom is -0.340 e. The Morgan fingerprint density at radius 1 is 1.40 bits per heavy atom. The van der Waals surface area contributed by atoms with Gasteiger partial charge >= 0.3 is 0 Å². The zero-order valence-corrected chi connectivity index (χ0v) is 12.1. The maximum atomic E-state index is 12.4. The van der Waals surface area contributed by atoms with Crippen molar-refractivity contribution in [3.8, 4) is 0 Å². The topological polar surface area (TPSA) is 63.1 Å². The molecule has 1 N–H and O–H groups in total. The molecular weight excluding hydrogens is 254 g/mol. The molecule has 2 heterocycles. The number of hydrogen-bond acceptors (Lipinski definition) is 4. The summed E-state index contributed by atoms with van der Waals surface area (Å²) in [7, 11) is 1.88. The molecule has 1 saturated heterocycles. The summed E-state index contributed by atoms with van der Waals surface area (Å²) in [6, 6.07) is 0.354. The summed E-state index contributed by atoms with van der Waals surface area (Å²) in [6.07, 6.45) is 8.23. The largest absolute Gasteiger partial charge is 0.340 e. The van der Waals surface area contributed by atoms with E-state index in [4.69, 9.17) is 0 Å². The number of nitrogens with one attached hydrogen (secondary N) is 1. The van der Waals surface area contributed by atoms with Gasteiger partial charge in [0.2, 0.25) is 0 Å². The Bertz CT molecular complexity index is 462. The van der Waals surface area contributed by atoms with Crippen molar-refractivity contribution in [2.75, 3.05) is 26.7 Å². The minimum atomic E-state index is -0.00546. The average molecular weight is 277 g/mol. The molecule has 1 aromatic heterocycles. The van der Waals surface area contributed by atoms with E-state index in [1.165, 1.54) is 32.1 Å². The van der Waals surface area contributed by atoms with Gasteiger partial charge in [-0.3, -0.25) is 4.79 Å². The van der Waals surface area contributed by atoms with Crippen LogP contribution in [-0.2, 0) is 0 Å². The van der Waals surface area contributed by atoms with E-state index in [1.807, 2.05) is 11.9 Å². The van der Waals surface area contributed by atoms with Crippen molar-refractivity contribution in [1.29, 1.82) is 0 Å². The van der Waals surface area contributed by atoms with Gasteiger partial charge in [-0.05, 0) is 18.8 Å². The second kappa shape index (κ2) is 5.91. The smallest absolute Gasteiger partial charge is 0.275 e. The van der Waals surface area contributed by atoms with Crippen LogP contribution in [-0.4, -0.2) is 52.5 Å². The summed E-state index contributed by atoms with van der Waals surface area (Å²) in [5.74, 6) is 0.651. The standard InChI is InChI=1S/C14H23N5O/c1-18(9-11-5-3-2-4-6-11)14(20)13-10-19(17-16-13)12-7-15-8-12/h10-12,15H,2-9H2,1H3. The zero-order chi connectivity index (χ0) is 13.9. The molecule has 1 aliphatic carbocycles. The lowest BCUT2D eigenvalue weighted by Gasteiger charge is -2.27. The normalized spacial score (nSPS) is 20.6. The Morgan fingerprint density at radius 2 is 2.15 bits per heavy atom. The lowest BCUT2D eigenvalue weighted by molar-refractivity contribution is 0.0754. The predicted octanol–water partition coefficient (Wildman–Crippen LogP) is 1.07. The molecule has 1 saturated carbocycles. The average Bonchev–Trinajstić information content (AvgIpc) is 2.86. The highest BCUT2D eigenvalue weighted by atomic mass is 16.2.